The van der Waals surface area contributed by atoms with E-state index in [1.165, 1.54) is 11.1 Å². The SMILES string of the molecule is COc1ccc(CC(CBr)Cc2cncc(Br)c2)cc1. The number of rotatable bonds is 6. The number of aromatic nitrogens is 1. The van der Waals surface area contributed by atoms with E-state index in [1.54, 1.807) is 7.11 Å². The van der Waals surface area contributed by atoms with Crippen molar-refractivity contribution >= 4 is 31.9 Å². The summed E-state index contributed by atoms with van der Waals surface area (Å²) in [5, 5.41) is 0.978. The highest BCUT2D eigenvalue weighted by Crippen LogP contribution is 2.20. The summed E-state index contributed by atoms with van der Waals surface area (Å²) in [6, 6.07) is 10.4. The van der Waals surface area contributed by atoms with E-state index in [2.05, 4.69) is 55.0 Å². The summed E-state index contributed by atoms with van der Waals surface area (Å²) in [6.45, 7) is 0. The standard InChI is InChI=1S/C16H17Br2NO/c1-20-16-4-2-12(3-5-16)6-13(9-17)7-14-8-15(18)11-19-10-14/h2-5,8,10-11,13H,6-7,9H2,1H3. The molecule has 0 bridgehead atoms. The Bertz CT molecular complexity index is 542. The van der Waals surface area contributed by atoms with Crippen molar-refractivity contribution in [2.45, 2.75) is 12.8 Å². The fourth-order valence-corrected chi connectivity index (χ4v) is 3.05. The van der Waals surface area contributed by atoms with Gasteiger partial charge in [0.25, 0.3) is 0 Å². The molecule has 0 aliphatic carbocycles. The molecule has 0 spiro atoms. The number of benzene rings is 1. The second-order valence-corrected chi connectivity index (χ2v) is 6.35. The maximum Gasteiger partial charge on any atom is 0.118 e. The largest absolute Gasteiger partial charge is 0.497 e. The quantitative estimate of drug-likeness (QED) is 0.660. The fraction of sp³-hybridized carbons (Fsp3) is 0.312. The molecule has 0 amide bonds. The number of hydrogen-bond acceptors (Lipinski definition) is 2. The molecule has 0 saturated carbocycles. The number of methoxy groups -OCH3 is 1. The average Bonchev–Trinajstić information content (AvgIpc) is 2.47. The molecular weight excluding hydrogens is 382 g/mol. The van der Waals surface area contributed by atoms with Gasteiger partial charge in [0, 0.05) is 22.2 Å². The number of nitrogens with zero attached hydrogens (tertiary/aromatic N) is 1. The molecule has 0 fully saturated rings. The molecule has 106 valence electrons. The van der Waals surface area contributed by atoms with Gasteiger partial charge in [-0.3, -0.25) is 4.98 Å². The molecule has 2 nitrogen and oxygen atoms in total. The van der Waals surface area contributed by atoms with E-state index in [0.717, 1.165) is 28.4 Å². The van der Waals surface area contributed by atoms with Gasteiger partial charge in [0.2, 0.25) is 0 Å². The molecule has 2 rings (SSSR count). The number of pyridine rings is 1. The lowest BCUT2D eigenvalue weighted by atomic mass is 9.95. The summed E-state index contributed by atoms with van der Waals surface area (Å²) in [7, 11) is 1.69. The number of halogens is 2. The highest BCUT2D eigenvalue weighted by molar-refractivity contribution is 9.10. The molecule has 20 heavy (non-hydrogen) atoms. The Morgan fingerprint density at radius 3 is 2.40 bits per heavy atom. The van der Waals surface area contributed by atoms with Crippen LogP contribution in [0.2, 0.25) is 0 Å². The topological polar surface area (TPSA) is 22.1 Å². The van der Waals surface area contributed by atoms with Gasteiger partial charge in [0.15, 0.2) is 0 Å². The van der Waals surface area contributed by atoms with Crippen molar-refractivity contribution in [2.24, 2.45) is 5.92 Å². The lowest BCUT2D eigenvalue weighted by Crippen LogP contribution is -2.10. The van der Waals surface area contributed by atoms with Crippen LogP contribution in [0.25, 0.3) is 0 Å². The number of ether oxygens (including phenoxy) is 1. The third kappa shape index (κ3) is 4.60. The van der Waals surface area contributed by atoms with E-state index in [4.69, 9.17) is 4.74 Å². The monoisotopic (exact) mass is 397 g/mol. The van der Waals surface area contributed by atoms with E-state index in [-0.39, 0.29) is 0 Å². The lowest BCUT2D eigenvalue weighted by molar-refractivity contribution is 0.414. The molecule has 1 aromatic carbocycles. The third-order valence-electron chi connectivity index (χ3n) is 3.19. The first-order chi connectivity index (χ1) is 9.71. The van der Waals surface area contributed by atoms with Crippen molar-refractivity contribution in [3.05, 3.63) is 58.3 Å². The Morgan fingerprint density at radius 2 is 1.80 bits per heavy atom. The first kappa shape index (κ1) is 15.5. The van der Waals surface area contributed by atoms with Crippen LogP contribution in [0.4, 0.5) is 0 Å². The predicted octanol–water partition coefficient (Wildman–Crippen LogP) is 4.65. The second kappa shape index (κ2) is 7.79. The van der Waals surface area contributed by atoms with Crippen molar-refractivity contribution in [1.82, 2.24) is 4.98 Å². The van der Waals surface area contributed by atoms with E-state index in [0.29, 0.717) is 5.92 Å². The summed E-state index contributed by atoms with van der Waals surface area (Å²) in [4.78, 5) is 4.22. The molecule has 1 unspecified atom stereocenters. The summed E-state index contributed by atoms with van der Waals surface area (Å²) in [6.07, 6.45) is 5.82. The van der Waals surface area contributed by atoms with Gasteiger partial charge in [-0.2, -0.15) is 0 Å². The molecule has 2 aromatic rings. The second-order valence-electron chi connectivity index (χ2n) is 4.79. The van der Waals surface area contributed by atoms with Crippen LogP contribution in [0.5, 0.6) is 5.75 Å². The molecule has 0 radical (unpaired) electrons. The van der Waals surface area contributed by atoms with Gasteiger partial charge in [-0.15, -0.1) is 0 Å². The summed E-state index contributed by atoms with van der Waals surface area (Å²) >= 11 is 7.09. The van der Waals surface area contributed by atoms with Crippen molar-refractivity contribution in [3.8, 4) is 5.75 Å². The van der Waals surface area contributed by atoms with Crippen molar-refractivity contribution in [1.29, 1.82) is 0 Å². The molecule has 1 atom stereocenters. The number of alkyl halides is 1. The van der Waals surface area contributed by atoms with Crippen LogP contribution in [0.3, 0.4) is 0 Å². The van der Waals surface area contributed by atoms with E-state index < -0.39 is 0 Å². The summed E-state index contributed by atoms with van der Waals surface area (Å²) in [5.74, 6) is 1.46. The third-order valence-corrected chi connectivity index (χ3v) is 4.54. The minimum absolute atomic E-state index is 0.555. The Kier molecular flexibility index (Phi) is 6.05. The lowest BCUT2D eigenvalue weighted by Gasteiger charge is -2.14. The highest BCUT2D eigenvalue weighted by Gasteiger charge is 2.10. The average molecular weight is 399 g/mol. The first-order valence-corrected chi connectivity index (χ1v) is 8.41. The van der Waals surface area contributed by atoms with Gasteiger partial charge in [0.05, 0.1) is 7.11 Å². The number of hydrogen-bond donors (Lipinski definition) is 0. The van der Waals surface area contributed by atoms with Crippen molar-refractivity contribution in [2.75, 3.05) is 12.4 Å². The zero-order valence-corrected chi connectivity index (χ0v) is 14.5. The molecule has 1 aromatic heterocycles. The predicted molar refractivity (Wildman–Crippen MR) is 89.6 cm³/mol. The molecule has 0 aliphatic heterocycles. The van der Waals surface area contributed by atoms with Crippen LogP contribution in [-0.2, 0) is 12.8 Å². The van der Waals surface area contributed by atoms with Crippen LogP contribution >= 0.6 is 31.9 Å². The smallest absolute Gasteiger partial charge is 0.118 e. The fourth-order valence-electron chi connectivity index (χ4n) is 2.18. The molecule has 0 N–H and O–H groups in total. The Morgan fingerprint density at radius 1 is 1.10 bits per heavy atom. The molecule has 0 aliphatic rings. The van der Waals surface area contributed by atoms with Crippen LogP contribution in [-0.4, -0.2) is 17.4 Å². The molecule has 4 heteroatoms. The minimum Gasteiger partial charge on any atom is -0.497 e. The van der Waals surface area contributed by atoms with Gasteiger partial charge >= 0.3 is 0 Å². The highest BCUT2D eigenvalue weighted by atomic mass is 79.9. The molecule has 0 saturated heterocycles. The van der Waals surface area contributed by atoms with Crippen LogP contribution in [0.1, 0.15) is 11.1 Å². The van der Waals surface area contributed by atoms with Gasteiger partial charge in [-0.25, -0.2) is 0 Å². The van der Waals surface area contributed by atoms with E-state index >= 15 is 0 Å². The van der Waals surface area contributed by atoms with Crippen LogP contribution in [0, 0.1) is 5.92 Å². The molecular formula is C16H17Br2NO. The summed E-state index contributed by atoms with van der Waals surface area (Å²) in [5.41, 5.74) is 2.59. The van der Waals surface area contributed by atoms with E-state index in [9.17, 15) is 0 Å². The van der Waals surface area contributed by atoms with Gasteiger partial charge in [-0.1, -0.05) is 28.1 Å². The first-order valence-electron chi connectivity index (χ1n) is 6.49. The zero-order chi connectivity index (χ0) is 14.4. The van der Waals surface area contributed by atoms with E-state index in [1.807, 2.05) is 24.5 Å². The maximum atomic E-state index is 5.19. The van der Waals surface area contributed by atoms with Crippen molar-refractivity contribution in [3.63, 3.8) is 0 Å². The Hall–Kier alpha value is -0.870. The van der Waals surface area contributed by atoms with Gasteiger partial charge in [-0.05, 0) is 64.0 Å². The maximum absolute atomic E-state index is 5.19. The molecule has 1 heterocycles. The zero-order valence-electron chi connectivity index (χ0n) is 11.4. The Balaban J connectivity index is 2.01. The van der Waals surface area contributed by atoms with Gasteiger partial charge in [0.1, 0.15) is 5.75 Å². The van der Waals surface area contributed by atoms with Crippen molar-refractivity contribution < 1.29 is 4.74 Å². The summed E-state index contributed by atoms with van der Waals surface area (Å²) < 4.78 is 6.22. The minimum atomic E-state index is 0.555. The van der Waals surface area contributed by atoms with Crippen LogP contribution < -0.4 is 4.74 Å². The van der Waals surface area contributed by atoms with Gasteiger partial charge < -0.3 is 4.74 Å². The van der Waals surface area contributed by atoms with Crippen LogP contribution in [0.15, 0.2) is 47.2 Å². The normalized spacial score (nSPS) is 12.2. The Labute approximate surface area is 136 Å².